The van der Waals surface area contributed by atoms with Crippen molar-refractivity contribution in [3.05, 3.63) is 12.7 Å². The Balaban J connectivity index is 2.25. The van der Waals surface area contributed by atoms with E-state index in [0.29, 0.717) is 12.3 Å². The molecule has 0 saturated heterocycles. The molecular formula is C10H18N2O. The summed E-state index contributed by atoms with van der Waals surface area (Å²) < 4.78 is 0. The largest absolute Gasteiger partial charge is 0.352 e. The van der Waals surface area contributed by atoms with Crippen LogP contribution in [0.5, 0.6) is 0 Å². The normalized spacial score (nSPS) is 20.5. The smallest absolute Gasteiger partial charge is 0.237 e. The minimum absolute atomic E-state index is 0.0562. The third-order valence-corrected chi connectivity index (χ3v) is 2.46. The minimum atomic E-state index is -0.432. The van der Waals surface area contributed by atoms with E-state index in [0.717, 1.165) is 0 Å². The lowest BCUT2D eigenvalue weighted by Gasteiger charge is -2.15. The lowest BCUT2D eigenvalue weighted by Crippen LogP contribution is -2.44. The maximum Gasteiger partial charge on any atom is 0.237 e. The van der Waals surface area contributed by atoms with Crippen molar-refractivity contribution in [3.63, 3.8) is 0 Å². The van der Waals surface area contributed by atoms with E-state index in [1.807, 2.05) is 6.92 Å². The SMILES string of the molecule is C=CCC(N)C(=O)NC(C)C1CC1. The fourth-order valence-corrected chi connectivity index (χ4v) is 1.33. The molecule has 0 aromatic rings. The lowest BCUT2D eigenvalue weighted by molar-refractivity contribution is -0.123. The molecule has 0 aromatic heterocycles. The molecule has 2 unspecified atom stereocenters. The van der Waals surface area contributed by atoms with Gasteiger partial charge >= 0.3 is 0 Å². The monoisotopic (exact) mass is 182 g/mol. The second kappa shape index (κ2) is 4.42. The molecule has 0 heterocycles. The standard InChI is InChI=1S/C10H18N2O/c1-3-4-9(11)10(13)12-7(2)8-5-6-8/h3,7-9H,1,4-6,11H2,2H3,(H,12,13). The van der Waals surface area contributed by atoms with Crippen LogP contribution in [0.4, 0.5) is 0 Å². The first-order valence-electron chi connectivity index (χ1n) is 4.82. The van der Waals surface area contributed by atoms with Crippen molar-refractivity contribution >= 4 is 5.91 Å². The van der Waals surface area contributed by atoms with Crippen LogP contribution in [0.3, 0.4) is 0 Å². The van der Waals surface area contributed by atoms with Crippen molar-refractivity contribution in [3.8, 4) is 0 Å². The van der Waals surface area contributed by atoms with Gasteiger partial charge in [-0.25, -0.2) is 0 Å². The van der Waals surface area contributed by atoms with Crippen molar-refractivity contribution in [2.75, 3.05) is 0 Å². The second-order valence-electron chi connectivity index (χ2n) is 3.77. The van der Waals surface area contributed by atoms with Crippen molar-refractivity contribution in [2.45, 2.75) is 38.3 Å². The highest BCUT2D eigenvalue weighted by atomic mass is 16.2. The van der Waals surface area contributed by atoms with Crippen LogP contribution in [0.15, 0.2) is 12.7 Å². The second-order valence-corrected chi connectivity index (χ2v) is 3.77. The molecule has 1 aliphatic rings. The molecule has 13 heavy (non-hydrogen) atoms. The quantitative estimate of drug-likeness (QED) is 0.618. The van der Waals surface area contributed by atoms with E-state index in [-0.39, 0.29) is 11.9 Å². The summed E-state index contributed by atoms with van der Waals surface area (Å²) >= 11 is 0. The van der Waals surface area contributed by atoms with Gasteiger partial charge in [0.1, 0.15) is 0 Å². The van der Waals surface area contributed by atoms with Gasteiger partial charge in [-0.1, -0.05) is 6.08 Å². The predicted molar refractivity (Wildman–Crippen MR) is 53.1 cm³/mol. The van der Waals surface area contributed by atoms with Crippen LogP contribution in [-0.2, 0) is 4.79 Å². The molecule has 1 aliphatic carbocycles. The highest BCUT2D eigenvalue weighted by Crippen LogP contribution is 2.32. The van der Waals surface area contributed by atoms with E-state index < -0.39 is 6.04 Å². The summed E-state index contributed by atoms with van der Waals surface area (Å²) in [4.78, 5) is 11.4. The fraction of sp³-hybridized carbons (Fsp3) is 0.700. The molecule has 0 radical (unpaired) electrons. The molecule has 0 aromatic carbocycles. The summed E-state index contributed by atoms with van der Waals surface area (Å²) in [5, 5.41) is 2.91. The van der Waals surface area contributed by atoms with Crippen LogP contribution in [0.1, 0.15) is 26.2 Å². The van der Waals surface area contributed by atoms with E-state index in [1.54, 1.807) is 6.08 Å². The van der Waals surface area contributed by atoms with E-state index >= 15 is 0 Å². The van der Waals surface area contributed by atoms with Gasteiger partial charge in [-0.05, 0) is 32.1 Å². The zero-order chi connectivity index (χ0) is 9.84. The van der Waals surface area contributed by atoms with Gasteiger partial charge in [-0.3, -0.25) is 4.79 Å². The molecule has 3 nitrogen and oxygen atoms in total. The number of nitrogens with one attached hydrogen (secondary N) is 1. The van der Waals surface area contributed by atoms with Crippen LogP contribution >= 0.6 is 0 Å². The fourth-order valence-electron chi connectivity index (χ4n) is 1.33. The van der Waals surface area contributed by atoms with E-state index in [4.69, 9.17) is 5.73 Å². The zero-order valence-electron chi connectivity index (χ0n) is 8.12. The van der Waals surface area contributed by atoms with Gasteiger partial charge in [0.15, 0.2) is 0 Å². The third-order valence-electron chi connectivity index (χ3n) is 2.46. The first-order chi connectivity index (χ1) is 6.15. The van der Waals surface area contributed by atoms with Gasteiger partial charge < -0.3 is 11.1 Å². The first kappa shape index (κ1) is 10.3. The molecule has 2 atom stereocenters. The Bertz CT molecular complexity index is 199. The number of hydrogen-bond acceptors (Lipinski definition) is 2. The van der Waals surface area contributed by atoms with E-state index in [9.17, 15) is 4.79 Å². The number of carbonyl (C=O) groups excluding carboxylic acids is 1. The summed E-state index contributed by atoms with van der Waals surface area (Å²) in [6, 6.07) is -0.151. The lowest BCUT2D eigenvalue weighted by atomic mass is 10.1. The molecule has 1 rings (SSSR count). The minimum Gasteiger partial charge on any atom is -0.352 e. The molecule has 0 aliphatic heterocycles. The number of hydrogen-bond donors (Lipinski definition) is 2. The Morgan fingerprint density at radius 3 is 2.85 bits per heavy atom. The van der Waals surface area contributed by atoms with Crippen molar-refractivity contribution < 1.29 is 4.79 Å². The summed E-state index contributed by atoms with van der Waals surface area (Å²) in [6.45, 7) is 5.59. The van der Waals surface area contributed by atoms with Crippen LogP contribution in [0.25, 0.3) is 0 Å². The van der Waals surface area contributed by atoms with Gasteiger partial charge in [0.05, 0.1) is 6.04 Å². The molecule has 0 bridgehead atoms. The van der Waals surface area contributed by atoms with E-state index in [1.165, 1.54) is 12.8 Å². The summed E-state index contributed by atoms with van der Waals surface area (Å²) in [6.07, 6.45) is 4.69. The highest BCUT2D eigenvalue weighted by molar-refractivity contribution is 5.81. The Labute approximate surface area is 79.4 Å². The predicted octanol–water partition coefficient (Wildman–Crippen LogP) is 0.804. The maximum atomic E-state index is 11.4. The molecule has 74 valence electrons. The number of carbonyl (C=O) groups is 1. The number of amides is 1. The first-order valence-corrected chi connectivity index (χ1v) is 4.82. The average Bonchev–Trinajstić information content (AvgIpc) is 2.86. The Hall–Kier alpha value is -0.830. The van der Waals surface area contributed by atoms with Crippen LogP contribution in [0, 0.1) is 5.92 Å². The van der Waals surface area contributed by atoms with E-state index in [2.05, 4.69) is 11.9 Å². The average molecular weight is 182 g/mol. The summed E-state index contributed by atoms with van der Waals surface area (Å²) in [5.74, 6) is 0.624. The molecule has 3 heteroatoms. The van der Waals surface area contributed by atoms with Crippen molar-refractivity contribution in [2.24, 2.45) is 11.7 Å². The third kappa shape index (κ3) is 3.19. The topological polar surface area (TPSA) is 55.1 Å². The van der Waals surface area contributed by atoms with Crippen LogP contribution < -0.4 is 11.1 Å². The Morgan fingerprint density at radius 1 is 1.77 bits per heavy atom. The summed E-state index contributed by atoms with van der Waals surface area (Å²) in [5.41, 5.74) is 5.61. The van der Waals surface area contributed by atoms with Gasteiger partial charge in [0.2, 0.25) is 5.91 Å². The molecular weight excluding hydrogens is 164 g/mol. The summed E-state index contributed by atoms with van der Waals surface area (Å²) in [7, 11) is 0. The molecule has 3 N–H and O–H groups in total. The maximum absolute atomic E-state index is 11.4. The van der Waals surface area contributed by atoms with Crippen LogP contribution in [0.2, 0.25) is 0 Å². The van der Waals surface area contributed by atoms with Crippen molar-refractivity contribution in [1.82, 2.24) is 5.32 Å². The Kier molecular flexibility index (Phi) is 3.48. The van der Waals surface area contributed by atoms with Gasteiger partial charge in [-0.2, -0.15) is 0 Å². The molecule has 1 saturated carbocycles. The molecule has 1 amide bonds. The van der Waals surface area contributed by atoms with Gasteiger partial charge in [0.25, 0.3) is 0 Å². The van der Waals surface area contributed by atoms with Crippen LogP contribution in [-0.4, -0.2) is 18.0 Å². The van der Waals surface area contributed by atoms with Gasteiger partial charge in [-0.15, -0.1) is 6.58 Å². The van der Waals surface area contributed by atoms with Crippen molar-refractivity contribution in [1.29, 1.82) is 0 Å². The van der Waals surface area contributed by atoms with Gasteiger partial charge in [0, 0.05) is 6.04 Å². The molecule has 0 spiro atoms. The highest BCUT2D eigenvalue weighted by Gasteiger charge is 2.29. The number of rotatable bonds is 5. The number of nitrogens with two attached hydrogens (primary N) is 1. The molecule has 1 fully saturated rings. The zero-order valence-corrected chi connectivity index (χ0v) is 8.12. The Morgan fingerprint density at radius 2 is 2.38 bits per heavy atom.